The summed E-state index contributed by atoms with van der Waals surface area (Å²) in [6.45, 7) is 2.25. The van der Waals surface area contributed by atoms with Gasteiger partial charge in [0.15, 0.2) is 0 Å². The van der Waals surface area contributed by atoms with Gasteiger partial charge in [0.25, 0.3) is 0 Å². The van der Waals surface area contributed by atoms with Crippen LogP contribution in [-0.4, -0.2) is 18.4 Å². The van der Waals surface area contributed by atoms with Gasteiger partial charge in [-0.1, -0.05) is 60.7 Å². The predicted octanol–water partition coefficient (Wildman–Crippen LogP) is 3.59. The molecule has 23 heavy (non-hydrogen) atoms. The summed E-state index contributed by atoms with van der Waals surface area (Å²) < 4.78 is 11.6. The molecule has 3 nitrogen and oxygen atoms in total. The molecule has 3 heteroatoms. The summed E-state index contributed by atoms with van der Waals surface area (Å²) in [6.07, 6.45) is 2.42. The van der Waals surface area contributed by atoms with E-state index in [1.165, 1.54) is 11.1 Å². The molecule has 4 rings (SSSR count). The lowest BCUT2D eigenvalue weighted by atomic mass is 9.72. The number of carbonyl (C=O) groups excluding carboxylic acids is 1. The van der Waals surface area contributed by atoms with Gasteiger partial charge in [-0.15, -0.1) is 0 Å². The van der Waals surface area contributed by atoms with Crippen LogP contribution in [0.2, 0.25) is 0 Å². The zero-order chi connectivity index (χ0) is 15.9. The Kier molecular flexibility index (Phi) is 3.13. The van der Waals surface area contributed by atoms with Crippen LogP contribution in [0.15, 0.2) is 72.3 Å². The fourth-order valence-electron chi connectivity index (χ4n) is 3.63. The van der Waals surface area contributed by atoms with Gasteiger partial charge in [0.1, 0.15) is 0 Å². The fraction of sp³-hybridized carbons (Fsp3) is 0.250. The standard InChI is InChI=1S/C20H18O3/c1-15-12-20(23-18(15)21)13-19(14-22-20,16-8-4-2-5-9-16)17-10-6-3-7-11-17/h2-12H,13-14H2,1H3. The largest absolute Gasteiger partial charge is 0.426 e. The van der Waals surface area contributed by atoms with Crippen LogP contribution in [0.4, 0.5) is 0 Å². The molecular weight excluding hydrogens is 288 g/mol. The number of rotatable bonds is 2. The summed E-state index contributed by atoms with van der Waals surface area (Å²) in [5.41, 5.74) is 2.65. The maximum absolute atomic E-state index is 11.8. The van der Waals surface area contributed by atoms with E-state index in [1.54, 1.807) is 6.92 Å². The summed E-state index contributed by atoms with van der Waals surface area (Å²) in [4.78, 5) is 11.8. The lowest BCUT2D eigenvalue weighted by Crippen LogP contribution is -2.32. The van der Waals surface area contributed by atoms with E-state index in [4.69, 9.17) is 9.47 Å². The van der Waals surface area contributed by atoms with Crippen LogP contribution in [0.25, 0.3) is 0 Å². The van der Waals surface area contributed by atoms with Crippen molar-refractivity contribution in [3.8, 4) is 0 Å². The van der Waals surface area contributed by atoms with Gasteiger partial charge in [0.05, 0.1) is 12.0 Å². The van der Waals surface area contributed by atoms with E-state index < -0.39 is 5.79 Å². The van der Waals surface area contributed by atoms with Crippen molar-refractivity contribution < 1.29 is 14.3 Å². The number of ether oxygens (including phenoxy) is 2. The molecule has 0 radical (unpaired) electrons. The maximum Gasteiger partial charge on any atom is 0.336 e. The van der Waals surface area contributed by atoms with Crippen molar-refractivity contribution in [3.05, 3.63) is 83.4 Å². The fourth-order valence-corrected chi connectivity index (χ4v) is 3.63. The predicted molar refractivity (Wildman–Crippen MR) is 86.8 cm³/mol. The molecule has 0 saturated carbocycles. The highest BCUT2D eigenvalue weighted by Crippen LogP contribution is 2.49. The summed E-state index contributed by atoms with van der Waals surface area (Å²) >= 11 is 0. The zero-order valence-corrected chi connectivity index (χ0v) is 13.0. The third-order valence-electron chi connectivity index (χ3n) is 4.79. The van der Waals surface area contributed by atoms with Crippen LogP contribution in [0, 0.1) is 0 Å². The van der Waals surface area contributed by atoms with E-state index in [9.17, 15) is 4.79 Å². The van der Waals surface area contributed by atoms with Gasteiger partial charge >= 0.3 is 5.97 Å². The molecule has 0 amide bonds. The van der Waals surface area contributed by atoms with Gasteiger partial charge < -0.3 is 9.47 Å². The Balaban J connectivity index is 1.82. The molecule has 1 unspecified atom stereocenters. The first-order valence-electron chi connectivity index (χ1n) is 7.81. The van der Waals surface area contributed by atoms with Gasteiger partial charge in [-0.3, -0.25) is 0 Å². The van der Waals surface area contributed by atoms with Crippen molar-refractivity contribution in [2.45, 2.75) is 24.5 Å². The van der Waals surface area contributed by atoms with Crippen molar-refractivity contribution in [1.29, 1.82) is 0 Å². The Hall–Kier alpha value is -2.39. The Labute approximate surface area is 135 Å². The molecule has 0 N–H and O–H groups in total. The van der Waals surface area contributed by atoms with Crippen molar-refractivity contribution >= 4 is 5.97 Å². The van der Waals surface area contributed by atoms with E-state index in [0.717, 1.165) is 0 Å². The van der Waals surface area contributed by atoms with E-state index in [1.807, 2.05) is 42.5 Å². The minimum Gasteiger partial charge on any atom is -0.426 e. The third-order valence-corrected chi connectivity index (χ3v) is 4.79. The van der Waals surface area contributed by atoms with Crippen molar-refractivity contribution in [2.24, 2.45) is 0 Å². The molecular formula is C20H18O3. The van der Waals surface area contributed by atoms with Crippen LogP contribution in [0.1, 0.15) is 24.5 Å². The Morgan fingerprint density at radius 3 is 1.96 bits per heavy atom. The second-order valence-electron chi connectivity index (χ2n) is 6.31. The van der Waals surface area contributed by atoms with Crippen LogP contribution in [0.5, 0.6) is 0 Å². The second kappa shape index (κ2) is 5.07. The minimum atomic E-state index is -0.938. The quantitative estimate of drug-likeness (QED) is 0.795. The highest BCUT2D eigenvalue weighted by atomic mass is 16.7. The first-order valence-corrected chi connectivity index (χ1v) is 7.81. The molecule has 0 aromatic heterocycles. The van der Waals surface area contributed by atoms with Crippen molar-refractivity contribution in [1.82, 2.24) is 0 Å². The number of hydrogen-bond donors (Lipinski definition) is 0. The molecule has 2 aliphatic rings. The Morgan fingerprint density at radius 1 is 0.913 bits per heavy atom. The molecule has 1 saturated heterocycles. The number of carbonyl (C=O) groups is 1. The van der Waals surface area contributed by atoms with E-state index in [2.05, 4.69) is 24.3 Å². The van der Waals surface area contributed by atoms with Gasteiger partial charge in [-0.05, 0) is 24.1 Å². The smallest absolute Gasteiger partial charge is 0.336 e. The zero-order valence-electron chi connectivity index (χ0n) is 13.0. The summed E-state index contributed by atoms with van der Waals surface area (Å²) in [6, 6.07) is 20.6. The van der Waals surface area contributed by atoms with Gasteiger partial charge in [0.2, 0.25) is 5.79 Å². The molecule has 2 aliphatic heterocycles. The van der Waals surface area contributed by atoms with Gasteiger partial charge in [0, 0.05) is 12.0 Å². The molecule has 1 spiro atoms. The third kappa shape index (κ3) is 2.20. The Bertz CT molecular complexity index is 724. The Morgan fingerprint density at radius 2 is 1.48 bits per heavy atom. The molecule has 0 bridgehead atoms. The lowest BCUT2D eigenvalue weighted by molar-refractivity contribution is -0.182. The van der Waals surface area contributed by atoms with E-state index in [0.29, 0.717) is 18.6 Å². The second-order valence-corrected chi connectivity index (χ2v) is 6.31. The number of benzene rings is 2. The van der Waals surface area contributed by atoms with Crippen LogP contribution in [-0.2, 0) is 19.7 Å². The summed E-state index contributed by atoms with van der Waals surface area (Å²) in [5.74, 6) is -1.23. The molecule has 2 aromatic rings. The monoisotopic (exact) mass is 306 g/mol. The van der Waals surface area contributed by atoms with Gasteiger partial charge in [-0.25, -0.2) is 4.79 Å². The normalized spacial score (nSPS) is 25.4. The summed E-state index contributed by atoms with van der Waals surface area (Å²) in [5, 5.41) is 0. The average Bonchev–Trinajstić information content (AvgIpc) is 3.10. The van der Waals surface area contributed by atoms with Crippen LogP contribution in [0.3, 0.4) is 0 Å². The van der Waals surface area contributed by atoms with E-state index in [-0.39, 0.29) is 11.4 Å². The number of esters is 1. The molecule has 0 aliphatic carbocycles. The molecule has 2 heterocycles. The molecule has 1 atom stereocenters. The van der Waals surface area contributed by atoms with E-state index >= 15 is 0 Å². The first kappa shape index (κ1) is 14.2. The average molecular weight is 306 g/mol. The molecule has 2 aromatic carbocycles. The maximum atomic E-state index is 11.8. The van der Waals surface area contributed by atoms with Gasteiger partial charge in [-0.2, -0.15) is 0 Å². The van der Waals surface area contributed by atoms with Crippen molar-refractivity contribution in [3.63, 3.8) is 0 Å². The topological polar surface area (TPSA) is 35.5 Å². The lowest BCUT2D eigenvalue weighted by Gasteiger charge is -2.29. The molecule has 116 valence electrons. The van der Waals surface area contributed by atoms with Crippen LogP contribution < -0.4 is 0 Å². The van der Waals surface area contributed by atoms with Crippen LogP contribution >= 0.6 is 0 Å². The summed E-state index contributed by atoms with van der Waals surface area (Å²) in [7, 11) is 0. The highest BCUT2D eigenvalue weighted by Gasteiger charge is 2.55. The minimum absolute atomic E-state index is 0.290. The first-order chi connectivity index (χ1) is 11.1. The SMILES string of the molecule is CC1=CC2(CC(c3ccccc3)(c3ccccc3)CO2)OC1=O. The molecule has 1 fully saturated rings. The van der Waals surface area contributed by atoms with Crippen molar-refractivity contribution in [2.75, 3.05) is 6.61 Å². The highest BCUT2D eigenvalue weighted by molar-refractivity contribution is 5.90. The number of hydrogen-bond acceptors (Lipinski definition) is 3.